The van der Waals surface area contributed by atoms with Gasteiger partial charge in [-0.2, -0.15) is 0 Å². The van der Waals surface area contributed by atoms with E-state index in [-0.39, 0.29) is 0 Å². The van der Waals surface area contributed by atoms with Crippen LogP contribution in [0.1, 0.15) is 22.3 Å². The zero-order valence-corrected chi connectivity index (χ0v) is 48.3. The van der Waals surface area contributed by atoms with E-state index >= 15 is 0 Å². The Morgan fingerprint density at radius 3 is 1.04 bits per heavy atom. The fourth-order valence-electron chi connectivity index (χ4n) is 13.5. The Morgan fingerprint density at radius 2 is 0.607 bits per heavy atom. The van der Waals surface area contributed by atoms with Crippen molar-refractivity contribution in [1.29, 1.82) is 0 Å². The van der Waals surface area contributed by atoms with Crippen molar-refractivity contribution >= 4 is 77.9 Å². The number of hydrogen-bond donors (Lipinski definition) is 0. The van der Waals surface area contributed by atoms with Gasteiger partial charge in [0.1, 0.15) is 11.0 Å². The molecule has 0 N–H and O–H groups in total. The Balaban J connectivity index is 0.850. The van der Waals surface area contributed by atoms with Gasteiger partial charge in [0.15, 0.2) is 11.2 Å². The van der Waals surface area contributed by atoms with E-state index in [0.717, 1.165) is 89.7 Å². The minimum atomic E-state index is -0.774. The molecule has 0 atom stereocenters. The number of nitrogens with zero attached hydrogens (tertiary/aromatic N) is 4. The van der Waals surface area contributed by atoms with Crippen molar-refractivity contribution in [3.8, 4) is 56.3 Å². The minimum Gasteiger partial charge on any atom is -0.436 e. The number of fused-ring (bicyclic) bond motifs is 7. The highest BCUT2D eigenvalue weighted by atomic mass is 16.4. The summed E-state index contributed by atoms with van der Waals surface area (Å²) in [5, 5.41) is 4.83. The van der Waals surface area contributed by atoms with Crippen molar-refractivity contribution < 1.29 is 8.83 Å². The number of anilines is 6. The summed E-state index contributed by atoms with van der Waals surface area (Å²) in [6.07, 6.45) is 0. The molecular weight excluding hydrogens is 1080 g/mol. The molecule has 1 aliphatic carbocycles. The molecule has 6 heteroatoms. The number of oxazole rings is 2. The van der Waals surface area contributed by atoms with Crippen LogP contribution in [0.2, 0.25) is 0 Å². The summed E-state index contributed by atoms with van der Waals surface area (Å²) in [5.41, 5.74) is 21.9. The van der Waals surface area contributed by atoms with E-state index < -0.39 is 5.41 Å². The third kappa shape index (κ3) is 8.96. The maximum Gasteiger partial charge on any atom is 0.227 e. The molecule has 0 saturated heterocycles. The molecule has 0 saturated carbocycles. The van der Waals surface area contributed by atoms with Crippen LogP contribution in [0.4, 0.5) is 34.1 Å². The molecule has 2 aromatic heterocycles. The predicted octanol–water partition coefficient (Wildman–Crippen LogP) is 22.2. The molecule has 2 heterocycles. The molecule has 6 nitrogen and oxygen atoms in total. The lowest BCUT2D eigenvalue weighted by molar-refractivity contribution is 0.619. The van der Waals surface area contributed by atoms with E-state index in [1.807, 2.05) is 48.5 Å². The number of para-hydroxylation sites is 4. The Kier molecular flexibility index (Phi) is 12.3. The van der Waals surface area contributed by atoms with Crippen LogP contribution in [0, 0.1) is 0 Å². The first-order valence-electron chi connectivity index (χ1n) is 30.2. The van der Waals surface area contributed by atoms with Crippen LogP contribution in [0.3, 0.4) is 0 Å². The van der Waals surface area contributed by atoms with Gasteiger partial charge >= 0.3 is 0 Å². The zero-order chi connectivity index (χ0) is 58.8. The van der Waals surface area contributed by atoms with Gasteiger partial charge in [-0.05, 0) is 211 Å². The molecule has 0 unspecified atom stereocenters. The molecule has 89 heavy (non-hydrogen) atoms. The van der Waals surface area contributed by atoms with Gasteiger partial charge in [0, 0.05) is 45.3 Å². The monoisotopic (exact) mass is 1140 g/mol. The number of rotatable bonds is 12. The second-order valence-corrected chi connectivity index (χ2v) is 22.9. The number of benzene rings is 14. The standard InChI is InChI=1S/C83H54N4O2/c1-3-23-65(24-4-1)83(66-25-5-2-6-26-66)75-53-71(86(67-41-37-57(38-42-67)81-84-77-29-11-13-31-79(77)88-81)69-27-15-21-61(51-69)63-35-33-55-17-7-9-19-59(55)49-63)45-47-73(75)74-48-46-72(54-76(74)83)87(68-43-39-58(40-44-68)82-85-78-30-12-14-32-80(78)89-82)70-28-16-22-62(52-70)64-36-34-56-18-8-10-20-60(56)50-64/h1-54H. The van der Waals surface area contributed by atoms with Crippen LogP contribution >= 0.6 is 0 Å². The molecule has 0 aliphatic heterocycles. The first kappa shape index (κ1) is 51.6. The van der Waals surface area contributed by atoms with Gasteiger partial charge in [-0.3, -0.25) is 0 Å². The van der Waals surface area contributed by atoms with Crippen LogP contribution in [-0.4, -0.2) is 9.97 Å². The Bertz CT molecular complexity index is 4940. The molecule has 17 rings (SSSR count). The fraction of sp³-hybridized carbons (Fsp3) is 0.0120. The third-order valence-electron chi connectivity index (χ3n) is 17.7. The van der Waals surface area contributed by atoms with E-state index in [2.05, 4.69) is 289 Å². The normalized spacial score (nSPS) is 12.4. The van der Waals surface area contributed by atoms with Gasteiger partial charge in [-0.15, -0.1) is 0 Å². The van der Waals surface area contributed by atoms with E-state index in [0.29, 0.717) is 11.8 Å². The van der Waals surface area contributed by atoms with Gasteiger partial charge in [0.25, 0.3) is 0 Å². The molecular formula is C83H54N4O2. The quantitative estimate of drug-likeness (QED) is 0.121. The second-order valence-electron chi connectivity index (χ2n) is 22.9. The number of hydrogen-bond acceptors (Lipinski definition) is 6. The predicted molar refractivity (Wildman–Crippen MR) is 365 cm³/mol. The smallest absolute Gasteiger partial charge is 0.227 e. The van der Waals surface area contributed by atoms with Gasteiger partial charge in [0.05, 0.1) is 5.41 Å². The highest BCUT2D eigenvalue weighted by Crippen LogP contribution is 2.59. The molecule has 1 aliphatic rings. The molecule has 0 bridgehead atoms. The summed E-state index contributed by atoms with van der Waals surface area (Å²) in [6, 6.07) is 118. The molecule has 0 spiro atoms. The first-order valence-corrected chi connectivity index (χ1v) is 30.2. The van der Waals surface area contributed by atoms with E-state index in [9.17, 15) is 0 Å². The summed E-state index contributed by atoms with van der Waals surface area (Å²) >= 11 is 0. The van der Waals surface area contributed by atoms with E-state index in [1.165, 1.54) is 54.9 Å². The summed E-state index contributed by atoms with van der Waals surface area (Å²) in [7, 11) is 0. The average molecular weight is 1140 g/mol. The van der Waals surface area contributed by atoms with Crippen LogP contribution < -0.4 is 9.80 Å². The Morgan fingerprint density at radius 1 is 0.247 bits per heavy atom. The molecule has 418 valence electrons. The van der Waals surface area contributed by atoms with Gasteiger partial charge < -0.3 is 18.6 Å². The Hall–Kier alpha value is -11.9. The summed E-state index contributed by atoms with van der Waals surface area (Å²) in [4.78, 5) is 14.6. The Labute approximate surface area is 515 Å². The van der Waals surface area contributed by atoms with Crippen molar-refractivity contribution in [3.05, 3.63) is 350 Å². The maximum absolute atomic E-state index is 6.31. The average Bonchev–Trinajstić information content (AvgIpc) is 1.56. The summed E-state index contributed by atoms with van der Waals surface area (Å²) in [5.74, 6) is 1.17. The van der Waals surface area contributed by atoms with E-state index in [1.54, 1.807) is 0 Å². The van der Waals surface area contributed by atoms with Crippen molar-refractivity contribution in [2.75, 3.05) is 9.80 Å². The molecule has 0 fully saturated rings. The topological polar surface area (TPSA) is 58.5 Å². The molecule has 0 radical (unpaired) electrons. The van der Waals surface area contributed by atoms with Gasteiger partial charge in [-0.1, -0.05) is 194 Å². The van der Waals surface area contributed by atoms with Crippen LogP contribution in [0.5, 0.6) is 0 Å². The van der Waals surface area contributed by atoms with Crippen LogP contribution in [-0.2, 0) is 5.41 Å². The molecule has 14 aromatic carbocycles. The van der Waals surface area contributed by atoms with Crippen molar-refractivity contribution in [2.45, 2.75) is 5.41 Å². The van der Waals surface area contributed by atoms with Crippen LogP contribution in [0.15, 0.2) is 336 Å². The van der Waals surface area contributed by atoms with Crippen molar-refractivity contribution in [1.82, 2.24) is 9.97 Å². The second kappa shape index (κ2) is 21.3. The highest BCUT2D eigenvalue weighted by molar-refractivity contribution is 5.95. The molecule has 16 aromatic rings. The lowest BCUT2D eigenvalue weighted by atomic mass is 9.67. The summed E-state index contributed by atoms with van der Waals surface area (Å²) < 4.78 is 12.6. The maximum atomic E-state index is 6.31. The summed E-state index contributed by atoms with van der Waals surface area (Å²) in [6.45, 7) is 0. The first-order chi connectivity index (χ1) is 44.1. The van der Waals surface area contributed by atoms with Crippen molar-refractivity contribution in [3.63, 3.8) is 0 Å². The zero-order valence-electron chi connectivity index (χ0n) is 48.3. The lowest BCUT2D eigenvalue weighted by Gasteiger charge is -2.35. The SMILES string of the molecule is c1ccc(C2(c3ccccc3)c3cc(N(c4ccc(-c5nc6ccccc6o5)cc4)c4cccc(-c5ccc6ccccc6c5)c4)ccc3-c3ccc(N(c4ccc(-c5nc6ccccc6o5)cc4)c4cccc(-c5ccc6ccccc6c5)c4)cc32)cc1. The highest BCUT2D eigenvalue weighted by Gasteiger charge is 2.47. The fourth-order valence-corrected chi connectivity index (χ4v) is 13.5. The third-order valence-corrected chi connectivity index (χ3v) is 17.7. The lowest BCUT2D eigenvalue weighted by Crippen LogP contribution is -2.29. The largest absolute Gasteiger partial charge is 0.436 e. The molecule has 0 amide bonds. The number of aromatic nitrogens is 2. The van der Waals surface area contributed by atoms with Gasteiger partial charge in [-0.25, -0.2) is 9.97 Å². The van der Waals surface area contributed by atoms with E-state index in [4.69, 9.17) is 18.8 Å². The van der Waals surface area contributed by atoms with Crippen molar-refractivity contribution in [2.24, 2.45) is 0 Å². The van der Waals surface area contributed by atoms with Gasteiger partial charge in [0.2, 0.25) is 11.8 Å². The minimum absolute atomic E-state index is 0.584. The van der Waals surface area contributed by atoms with Crippen LogP contribution in [0.25, 0.3) is 100 Å².